The van der Waals surface area contributed by atoms with Crippen molar-refractivity contribution in [3.63, 3.8) is 0 Å². The van der Waals surface area contributed by atoms with Gasteiger partial charge in [-0.15, -0.1) is 0 Å². The average molecular weight is 164 g/mol. The van der Waals surface area contributed by atoms with Gasteiger partial charge in [0.1, 0.15) is 0 Å². The molecule has 1 saturated heterocycles. The first-order valence-corrected chi connectivity index (χ1v) is 3.68. The van der Waals surface area contributed by atoms with Crippen LogP contribution < -0.4 is 5.32 Å². The molecule has 1 rings (SSSR count). The summed E-state index contributed by atoms with van der Waals surface area (Å²) in [6, 6.07) is -0.110. The second kappa shape index (κ2) is 3.26. The molecule has 1 fully saturated rings. The first-order valence-electron chi connectivity index (χ1n) is 3.68. The third-order valence-corrected chi connectivity index (χ3v) is 1.72. The fourth-order valence-corrected chi connectivity index (χ4v) is 1.02. The molecule has 0 bridgehead atoms. The smallest absolute Gasteiger partial charge is 0.321 e. The van der Waals surface area contributed by atoms with Crippen molar-refractivity contribution in [3.05, 3.63) is 36.6 Å². The molecule has 0 aromatic carbocycles. The van der Waals surface area contributed by atoms with E-state index in [2.05, 4.69) is 18.5 Å². The van der Waals surface area contributed by atoms with E-state index in [1.807, 2.05) is 6.08 Å². The van der Waals surface area contributed by atoms with Crippen molar-refractivity contribution >= 4 is 6.03 Å². The zero-order valence-corrected chi connectivity index (χ0v) is 7.13. The van der Waals surface area contributed by atoms with Crippen LogP contribution in [0, 0.1) is 0 Å². The van der Waals surface area contributed by atoms with Gasteiger partial charge in [-0.05, 0) is 5.57 Å². The lowest BCUT2D eigenvalue weighted by atomic mass is 10.1. The van der Waals surface area contributed by atoms with Crippen molar-refractivity contribution in [1.29, 1.82) is 0 Å². The van der Waals surface area contributed by atoms with E-state index in [1.54, 1.807) is 18.0 Å². The van der Waals surface area contributed by atoms with Crippen molar-refractivity contribution in [2.75, 3.05) is 13.6 Å². The van der Waals surface area contributed by atoms with Crippen molar-refractivity contribution in [2.45, 2.75) is 0 Å². The van der Waals surface area contributed by atoms with Gasteiger partial charge in [0.15, 0.2) is 0 Å². The highest BCUT2D eigenvalue weighted by Gasteiger charge is 2.18. The van der Waals surface area contributed by atoms with Crippen LogP contribution in [0.1, 0.15) is 0 Å². The molecule has 0 aliphatic carbocycles. The van der Waals surface area contributed by atoms with Crippen molar-refractivity contribution in [3.8, 4) is 0 Å². The van der Waals surface area contributed by atoms with Crippen LogP contribution in [-0.2, 0) is 0 Å². The molecule has 3 heteroatoms. The quantitative estimate of drug-likeness (QED) is 0.621. The van der Waals surface area contributed by atoms with Gasteiger partial charge in [-0.3, -0.25) is 0 Å². The summed E-state index contributed by atoms with van der Waals surface area (Å²) in [4.78, 5) is 12.6. The SMILES string of the molecule is C=C/C=C1/CN(C)C(=O)NC1=C. The third kappa shape index (κ3) is 1.56. The molecular formula is C9H12N2O. The van der Waals surface area contributed by atoms with Gasteiger partial charge < -0.3 is 10.2 Å². The van der Waals surface area contributed by atoms with Crippen LogP contribution in [0.15, 0.2) is 36.6 Å². The topological polar surface area (TPSA) is 32.3 Å². The van der Waals surface area contributed by atoms with Crippen molar-refractivity contribution in [1.82, 2.24) is 10.2 Å². The Bertz CT molecular complexity index is 266. The summed E-state index contributed by atoms with van der Waals surface area (Å²) >= 11 is 0. The monoisotopic (exact) mass is 164 g/mol. The number of nitrogens with zero attached hydrogens (tertiary/aromatic N) is 1. The highest BCUT2D eigenvalue weighted by Crippen LogP contribution is 2.12. The summed E-state index contributed by atoms with van der Waals surface area (Å²) in [6.45, 7) is 7.90. The normalized spacial score (nSPS) is 21.1. The zero-order chi connectivity index (χ0) is 9.14. The number of urea groups is 1. The minimum Gasteiger partial charge on any atom is -0.323 e. The number of likely N-dealkylation sites (N-methyl/N-ethyl adjacent to an activating group) is 1. The summed E-state index contributed by atoms with van der Waals surface area (Å²) in [5.41, 5.74) is 1.66. The molecule has 0 radical (unpaired) electrons. The van der Waals surface area contributed by atoms with Gasteiger partial charge in [-0.25, -0.2) is 4.79 Å². The second-order valence-corrected chi connectivity index (χ2v) is 2.69. The van der Waals surface area contributed by atoms with Crippen LogP contribution in [0.3, 0.4) is 0 Å². The molecule has 1 N–H and O–H groups in total. The zero-order valence-electron chi connectivity index (χ0n) is 7.13. The Kier molecular flexibility index (Phi) is 2.33. The predicted molar refractivity (Wildman–Crippen MR) is 48.6 cm³/mol. The number of rotatable bonds is 1. The van der Waals surface area contributed by atoms with Crippen molar-refractivity contribution < 1.29 is 4.79 Å². The van der Waals surface area contributed by atoms with Crippen LogP contribution in [0.5, 0.6) is 0 Å². The maximum atomic E-state index is 11.1. The molecule has 0 atom stereocenters. The van der Waals surface area contributed by atoms with Gasteiger partial charge in [0, 0.05) is 19.3 Å². The third-order valence-electron chi connectivity index (χ3n) is 1.72. The number of hydrogen-bond donors (Lipinski definition) is 1. The van der Waals surface area contributed by atoms with E-state index in [0.717, 1.165) is 5.57 Å². The lowest BCUT2D eigenvalue weighted by Gasteiger charge is -2.27. The molecular weight excluding hydrogens is 152 g/mol. The Morgan fingerprint density at radius 2 is 2.33 bits per heavy atom. The molecule has 0 spiro atoms. The molecule has 3 nitrogen and oxygen atoms in total. The van der Waals surface area contributed by atoms with E-state index >= 15 is 0 Å². The Hall–Kier alpha value is -1.51. The molecule has 64 valence electrons. The summed E-state index contributed by atoms with van der Waals surface area (Å²) in [5.74, 6) is 0. The van der Waals surface area contributed by atoms with Gasteiger partial charge in [0.2, 0.25) is 0 Å². The van der Waals surface area contributed by atoms with Crippen molar-refractivity contribution in [2.24, 2.45) is 0 Å². The largest absolute Gasteiger partial charge is 0.323 e. The van der Waals surface area contributed by atoms with Crippen LogP contribution in [0.2, 0.25) is 0 Å². The summed E-state index contributed by atoms with van der Waals surface area (Å²) in [6.07, 6.45) is 3.53. The van der Waals surface area contributed by atoms with Gasteiger partial charge in [-0.1, -0.05) is 25.3 Å². The van der Waals surface area contributed by atoms with Gasteiger partial charge in [0.05, 0.1) is 0 Å². The van der Waals surface area contributed by atoms with E-state index in [0.29, 0.717) is 12.2 Å². The first-order chi connectivity index (χ1) is 5.65. The fraction of sp³-hybridized carbons (Fsp3) is 0.222. The molecule has 0 unspecified atom stereocenters. The van der Waals surface area contributed by atoms with E-state index in [4.69, 9.17) is 0 Å². The minimum absolute atomic E-state index is 0.110. The molecule has 12 heavy (non-hydrogen) atoms. The van der Waals surface area contributed by atoms with Crippen LogP contribution in [-0.4, -0.2) is 24.5 Å². The van der Waals surface area contributed by atoms with E-state index in [-0.39, 0.29) is 6.03 Å². The Balaban J connectivity index is 2.81. The maximum Gasteiger partial charge on any atom is 0.321 e. The Morgan fingerprint density at radius 1 is 1.67 bits per heavy atom. The van der Waals surface area contributed by atoms with Crippen LogP contribution >= 0.6 is 0 Å². The lowest BCUT2D eigenvalue weighted by Crippen LogP contribution is -2.43. The van der Waals surface area contributed by atoms with E-state index in [9.17, 15) is 4.79 Å². The highest BCUT2D eigenvalue weighted by molar-refractivity contribution is 5.79. The molecule has 1 heterocycles. The number of nitrogens with one attached hydrogen (secondary N) is 1. The summed E-state index contributed by atoms with van der Waals surface area (Å²) in [5, 5.41) is 2.64. The van der Waals surface area contributed by atoms with E-state index in [1.165, 1.54) is 0 Å². The highest BCUT2D eigenvalue weighted by atomic mass is 16.2. The van der Waals surface area contributed by atoms with E-state index < -0.39 is 0 Å². The number of hydrogen-bond acceptors (Lipinski definition) is 1. The average Bonchev–Trinajstić information content (AvgIpc) is 2.01. The van der Waals surface area contributed by atoms with Gasteiger partial charge in [0.25, 0.3) is 0 Å². The molecule has 0 aromatic heterocycles. The van der Waals surface area contributed by atoms with Gasteiger partial charge >= 0.3 is 6.03 Å². The van der Waals surface area contributed by atoms with Crippen LogP contribution in [0.25, 0.3) is 0 Å². The Labute approximate surface area is 72.1 Å². The molecule has 1 aliphatic heterocycles. The summed E-state index contributed by atoms with van der Waals surface area (Å²) in [7, 11) is 1.73. The standard InChI is InChI=1S/C9H12N2O/c1-4-5-8-6-11(3)9(12)10-7(8)2/h4-5H,1-2,6H2,3H3,(H,10,12)/b8-5-. The van der Waals surface area contributed by atoms with Gasteiger partial charge in [-0.2, -0.15) is 0 Å². The predicted octanol–water partition coefficient (Wildman–Crippen LogP) is 1.27. The maximum absolute atomic E-state index is 11.1. The molecule has 0 saturated carbocycles. The number of carbonyl (C=O) groups excluding carboxylic acids is 1. The first kappa shape index (κ1) is 8.59. The van der Waals surface area contributed by atoms with Crippen LogP contribution in [0.4, 0.5) is 4.79 Å². The minimum atomic E-state index is -0.110. The molecule has 1 aliphatic rings. The number of amides is 2. The fourth-order valence-electron chi connectivity index (χ4n) is 1.02. The Morgan fingerprint density at radius 3 is 2.92 bits per heavy atom. The molecule has 2 amide bonds. The second-order valence-electron chi connectivity index (χ2n) is 2.69. The number of carbonyl (C=O) groups is 1. The lowest BCUT2D eigenvalue weighted by molar-refractivity contribution is 0.211. The number of allylic oxidation sites excluding steroid dienone is 2. The summed E-state index contributed by atoms with van der Waals surface area (Å²) < 4.78 is 0. The molecule has 0 aromatic rings.